The largest absolute Gasteiger partial charge is 0.368 e. The smallest absolute Gasteiger partial charge is 0.349 e. The molecule has 0 heterocycles. The Bertz CT molecular complexity index is 386. The third-order valence-corrected chi connectivity index (χ3v) is 2.18. The van der Waals surface area contributed by atoms with E-state index in [4.69, 9.17) is 9.62 Å². The highest BCUT2D eigenvalue weighted by atomic mass is 17.2. The molecule has 0 aliphatic carbocycles. The van der Waals surface area contributed by atoms with Crippen LogP contribution in [0.3, 0.4) is 0 Å². The van der Waals surface area contributed by atoms with Gasteiger partial charge in [0.2, 0.25) is 6.29 Å². The van der Waals surface area contributed by atoms with Crippen molar-refractivity contribution in [2.24, 2.45) is 0 Å². The SMILES string of the molecule is C=C(C)C(=O)OOC(Cc1ccccc1)OCC. The second-order valence-corrected chi connectivity index (χ2v) is 3.82. The Balaban J connectivity index is 2.50. The summed E-state index contributed by atoms with van der Waals surface area (Å²) in [6.45, 7) is 7.35. The molecule has 4 nitrogen and oxygen atoms in total. The molecule has 0 N–H and O–H groups in total. The Morgan fingerprint density at radius 3 is 2.56 bits per heavy atom. The summed E-state index contributed by atoms with van der Waals surface area (Å²) in [6, 6.07) is 9.70. The fourth-order valence-electron chi connectivity index (χ4n) is 1.28. The molecule has 0 fully saturated rings. The maximum Gasteiger partial charge on any atom is 0.368 e. The van der Waals surface area contributed by atoms with Crippen LogP contribution in [0.1, 0.15) is 19.4 Å². The number of hydrogen-bond acceptors (Lipinski definition) is 4. The molecule has 0 saturated carbocycles. The van der Waals surface area contributed by atoms with Crippen molar-refractivity contribution in [1.82, 2.24) is 0 Å². The van der Waals surface area contributed by atoms with E-state index in [1.165, 1.54) is 0 Å². The first-order chi connectivity index (χ1) is 8.63. The lowest BCUT2D eigenvalue weighted by molar-refractivity contribution is -0.348. The summed E-state index contributed by atoms with van der Waals surface area (Å²) in [4.78, 5) is 20.8. The lowest BCUT2D eigenvalue weighted by Crippen LogP contribution is -2.22. The number of hydrogen-bond donors (Lipinski definition) is 0. The Kier molecular flexibility index (Phi) is 6.11. The van der Waals surface area contributed by atoms with Crippen LogP contribution < -0.4 is 0 Å². The van der Waals surface area contributed by atoms with Gasteiger partial charge in [-0.25, -0.2) is 4.79 Å². The summed E-state index contributed by atoms with van der Waals surface area (Å²) >= 11 is 0. The van der Waals surface area contributed by atoms with Crippen molar-refractivity contribution in [1.29, 1.82) is 0 Å². The minimum atomic E-state index is -0.610. The van der Waals surface area contributed by atoms with Gasteiger partial charge in [0.05, 0.1) is 0 Å². The summed E-state index contributed by atoms with van der Waals surface area (Å²) in [5.41, 5.74) is 1.33. The van der Waals surface area contributed by atoms with Crippen molar-refractivity contribution in [3.63, 3.8) is 0 Å². The number of carbonyl (C=O) groups is 1. The van der Waals surface area contributed by atoms with Crippen LogP contribution in [-0.4, -0.2) is 18.9 Å². The Hall–Kier alpha value is -1.65. The van der Waals surface area contributed by atoms with Crippen molar-refractivity contribution in [2.45, 2.75) is 26.6 Å². The first-order valence-electron chi connectivity index (χ1n) is 5.82. The van der Waals surface area contributed by atoms with E-state index < -0.39 is 12.3 Å². The van der Waals surface area contributed by atoms with E-state index in [0.717, 1.165) is 5.56 Å². The van der Waals surface area contributed by atoms with E-state index in [0.29, 0.717) is 13.0 Å². The quantitative estimate of drug-likeness (QED) is 0.323. The van der Waals surface area contributed by atoms with Gasteiger partial charge in [-0.15, -0.1) is 0 Å². The van der Waals surface area contributed by atoms with Gasteiger partial charge in [0.25, 0.3) is 0 Å². The molecular formula is C14H18O4. The van der Waals surface area contributed by atoms with E-state index >= 15 is 0 Å². The minimum Gasteiger partial charge on any atom is -0.349 e. The van der Waals surface area contributed by atoms with Crippen molar-refractivity contribution in [2.75, 3.05) is 6.61 Å². The predicted octanol–water partition coefficient (Wildman–Crippen LogP) is 2.64. The molecule has 98 valence electrons. The summed E-state index contributed by atoms with van der Waals surface area (Å²) in [5, 5.41) is 0. The Morgan fingerprint density at radius 1 is 1.33 bits per heavy atom. The third-order valence-electron chi connectivity index (χ3n) is 2.18. The van der Waals surface area contributed by atoms with Gasteiger partial charge >= 0.3 is 5.97 Å². The van der Waals surface area contributed by atoms with Gasteiger partial charge in [-0.2, -0.15) is 4.89 Å². The normalized spacial score (nSPS) is 11.9. The van der Waals surface area contributed by atoms with E-state index in [1.54, 1.807) is 6.92 Å². The number of rotatable bonds is 7. The highest BCUT2D eigenvalue weighted by Crippen LogP contribution is 2.08. The predicted molar refractivity (Wildman–Crippen MR) is 67.6 cm³/mol. The number of carbonyl (C=O) groups excluding carboxylic acids is 1. The Labute approximate surface area is 107 Å². The molecule has 1 unspecified atom stereocenters. The first-order valence-corrected chi connectivity index (χ1v) is 5.82. The highest BCUT2D eigenvalue weighted by Gasteiger charge is 2.14. The molecule has 18 heavy (non-hydrogen) atoms. The molecule has 0 saturated heterocycles. The average molecular weight is 250 g/mol. The molecule has 4 heteroatoms. The van der Waals surface area contributed by atoms with Gasteiger partial charge in [-0.1, -0.05) is 36.9 Å². The second-order valence-electron chi connectivity index (χ2n) is 3.82. The van der Waals surface area contributed by atoms with Crippen LogP contribution in [0.15, 0.2) is 42.5 Å². The van der Waals surface area contributed by atoms with Crippen LogP contribution in [0, 0.1) is 0 Å². The number of ether oxygens (including phenoxy) is 1. The van der Waals surface area contributed by atoms with Gasteiger partial charge in [0, 0.05) is 18.6 Å². The van der Waals surface area contributed by atoms with E-state index in [9.17, 15) is 4.79 Å². The maximum atomic E-state index is 11.2. The standard InChI is InChI=1S/C14H18O4/c1-4-16-13(17-18-14(15)11(2)3)10-12-8-6-5-7-9-12/h5-9,13H,2,4,10H2,1,3H3. The lowest BCUT2D eigenvalue weighted by Gasteiger charge is -2.15. The first kappa shape index (κ1) is 14.4. The van der Waals surface area contributed by atoms with Crippen molar-refractivity contribution >= 4 is 5.97 Å². The zero-order chi connectivity index (χ0) is 13.4. The molecule has 0 aliphatic rings. The van der Waals surface area contributed by atoms with Gasteiger partial charge < -0.3 is 4.74 Å². The maximum absolute atomic E-state index is 11.2. The Morgan fingerprint density at radius 2 is 2.00 bits per heavy atom. The molecule has 0 spiro atoms. The van der Waals surface area contributed by atoms with Crippen LogP contribution in [0.2, 0.25) is 0 Å². The van der Waals surface area contributed by atoms with E-state index in [1.807, 2.05) is 37.3 Å². The topological polar surface area (TPSA) is 44.8 Å². The van der Waals surface area contributed by atoms with Crippen LogP contribution in [0.25, 0.3) is 0 Å². The zero-order valence-electron chi connectivity index (χ0n) is 10.7. The van der Waals surface area contributed by atoms with Gasteiger partial charge in [0.15, 0.2) is 0 Å². The summed E-state index contributed by atoms with van der Waals surface area (Å²) in [7, 11) is 0. The van der Waals surface area contributed by atoms with Crippen molar-refractivity contribution < 1.29 is 19.3 Å². The molecule has 0 radical (unpaired) electrons. The fourth-order valence-corrected chi connectivity index (χ4v) is 1.28. The molecule has 0 aromatic heterocycles. The lowest BCUT2D eigenvalue weighted by atomic mass is 10.1. The van der Waals surface area contributed by atoms with Crippen LogP contribution in [-0.2, 0) is 25.7 Å². The second kappa shape index (κ2) is 7.63. The summed E-state index contributed by atoms with van der Waals surface area (Å²) in [5.74, 6) is -0.590. The molecule has 1 aromatic rings. The highest BCUT2D eigenvalue weighted by molar-refractivity contribution is 5.86. The van der Waals surface area contributed by atoms with Crippen molar-refractivity contribution in [3.05, 3.63) is 48.0 Å². The summed E-state index contributed by atoms with van der Waals surface area (Å²) in [6.07, 6.45) is -0.0984. The average Bonchev–Trinajstić information content (AvgIpc) is 2.37. The molecule has 1 aromatic carbocycles. The zero-order valence-corrected chi connectivity index (χ0v) is 10.7. The van der Waals surface area contributed by atoms with Crippen molar-refractivity contribution in [3.8, 4) is 0 Å². The molecule has 1 atom stereocenters. The van der Waals surface area contributed by atoms with Gasteiger partial charge in [-0.05, 0) is 19.4 Å². The van der Waals surface area contributed by atoms with E-state index in [-0.39, 0.29) is 5.57 Å². The van der Waals surface area contributed by atoms with Gasteiger partial charge in [-0.3, -0.25) is 4.89 Å². The molecule has 1 rings (SSSR count). The fraction of sp³-hybridized carbons (Fsp3) is 0.357. The third kappa shape index (κ3) is 5.12. The molecule has 0 bridgehead atoms. The molecular weight excluding hydrogens is 232 g/mol. The van der Waals surface area contributed by atoms with E-state index in [2.05, 4.69) is 11.5 Å². The minimum absolute atomic E-state index is 0.282. The van der Waals surface area contributed by atoms with Crippen LogP contribution in [0.5, 0.6) is 0 Å². The van der Waals surface area contributed by atoms with Gasteiger partial charge in [0.1, 0.15) is 0 Å². The summed E-state index contributed by atoms with van der Waals surface area (Å²) < 4.78 is 5.35. The molecule has 0 aliphatic heterocycles. The molecule has 0 amide bonds. The number of benzene rings is 1. The van der Waals surface area contributed by atoms with Crippen LogP contribution in [0.4, 0.5) is 0 Å². The van der Waals surface area contributed by atoms with Crippen LogP contribution >= 0.6 is 0 Å². The monoisotopic (exact) mass is 250 g/mol.